The Hall–Kier alpha value is -2.41. The van der Waals surface area contributed by atoms with Gasteiger partial charge in [0, 0.05) is 56.2 Å². The van der Waals surface area contributed by atoms with E-state index in [2.05, 4.69) is 36.1 Å². The Morgan fingerprint density at radius 2 is 1.96 bits per heavy atom. The number of aromatic amines is 1. The quantitative estimate of drug-likeness (QED) is 0.781. The van der Waals surface area contributed by atoms with Crippen molar-refractivity contribution in [2.45, 2.75) is 39.2 Å². The second kappa shape index (κ2) is 6.39. The fraction of sp³-hybridized carbons (Fsp3) is 0.526. The molecule has 3 aromatic heterocycles. The molecule has 0 amide bonds. The average Bonchev–Trinajstić information content (AvgIpc) is 3.29. The molecule has 0 spiro atoms. The predicted octanol–water partition coefficient (Wildman–Crippen LogP) is 1.96. The van der Waals surface area contributed by atoms with Gasteiger partial charge in [-0.15, -0.1) is 0 Å². The van der Waals surface area contributed by atoms with Crippen LogP contribution in [-0.2, 0) is 19.4 Å². The van der Waals surface area contributed by atoms with Crippen LogP contribution in [0.3, 0.4) is 0 Å². The van der Waals surface area contributed by atoms with E-state index in [4.69, 9.17) is 0 Å². The van der Waals surface area contributed by atoms with Gasteiger partial charge in [0.25, 0.3) is 0 Å². The lowest BCUT2D eigenvalue weighted by atomic mass is 9.96. The van der Waals surface area contributed by atoms with Gasteiger partial charge in [0.2, 0.25) is 0 Å². The minimum absolute atomic E-state index is 0.922. The molecule has 0 unspecified atom stereocenters. The number of piperazine rings is 1. The van der Waals surface area contributed by atoms with Crippen molar-refractivity contribution in [2.75, 3.05) is 31.1 Å². The summed E-state index contributed by atoms with van der Waals surface area (Å²) in [5.74, 6) is 1.15. The Morgan fingerprint density at radius 3 is 2.85 bits per heavy atom. The summed E-state index contributed by atoms with van der Waals surface area (Å²) >= 11 is 0. The largest absolute Gasteiger partial charge is 0.354 e. The van der Waals surface area contributed by atoms with E-state index < -0.39 is 0 Å². The minimum atomic E-state index is 0.922. The first-order valence-electron chi connectivity index (χ1n) is 9.61. The number of rotatable bonds is 3. The number of anilines is 1. The van der Waals surface area contributed by atoms with Crippen LogP contribution in [0.4, 0.5) is 5.82 Å². The lowest BCUT2D eigenvalue weighted by Crippen LogP contribution is -2.46. The van der Waals surface area contributed by atoms with Crippen molar-refractivity contribution in [3.8, 4) is 0 Å². The zero-order chi connectivity index (χ0) is 17.5. The molecule has 1 fully saturated rings. The van der Waals surface area contributed by atoms with E-state index in [9.17, 15) is 0 Å². The maximum atomic E-state index is 4.61. The standard InChI is InChI=1S/C19H25N7/c1-14-12-19(26-18(21-14)6-7-20-26)25-10-8-24(9-11-25)13-17-15-4-2-3-5-16(15)22-23-17/h6-7,12H,2-5,8-11,13H2,1H3,(H,22,23). The molecule has 7 heteroatoms. The zero-order valence-electron chi connectivity index (χ0n) is 15.3. The van der Waals surface area contributed by atoms with Crippen LogP contribution in [0.5, 0.6) is 0 Å². The third-order valence-electron chi connectivity index (χ3n) is 5.68. The summed E-state index contributed by atoms with van der Waals surface area (Å²) in [7, 11) is 0. The summed E-state index contributed by atoms with van der Waals surface area (Å²) in [6.45, 7) is 7.12. The lowest BCUT2D eigenvalue weighted by molar-refractivity contribution is 0.245. The van der Waals surface area contributed by atoms with Crippen LogP contribution >= 0.6 is 0 Å². The SMILES string of the molecule is Cc1cc(N2CCN(Cc3n[nH]c4c3CCCC4)CC2)n2nccc2n1. The van der Waals surface area contributed by atoms with E-state index >= 15 is 0 Å². The van der Waals surface area contributed by atoms with Gasteiger partial charge in [-0.2, -0.15) is 14.7 Å². The monoisotopic (exact) mass is 351 g/mol. The smallest absolute Gasteiger partial charge is 0.157 e. The number of aromatic nitrogens is 5. The Balaban J connectivity index is 1.29. The van der Waals surface area contributed by atoms with E-state index in [1.165, 1.54) is 36.2 Å². The van der Waals surface area contributed by atoms with Crippen LogP contribution in [-0.4, -0.2) is 55.9 Å². The molecule has 1 saturated heterocycles. The first-order chi connectivity index (χ1) is 12.8. The highest BCUT2D eigenvalue weighted by molar-refractivity contribution is 5.51. The summed E-state index contributed by atoms with van der Waals surface area (Å²) < 4.78 is 1.95. The normalized spacial score (nSPS) is 18.4. The molecule has 136 valence electrons. The van der Waals surface area contributed by atoms with Gasteiger partial charge in [0.15, 0.2) is 5.65 Å². The third kappa shape index (κ3) is 2.76. The zero-order valence-corrected chi connectivity index (χ0v) is 15.3. The van der Waals surface area contributed by atoms with Gasteiger partial charge in [-0.1, -0.05) is 0 Å². The molecular formula is C19H25N7. The average molecular weight is 351 g/mol. The van der Waals surface area contributed by atoms with Crippen LogP contribution in [0, 0.1) is 6.92 Å². The topological polar surface area (TPSA) is 65.3 Å². The molecule has 0 saturated carbocycles. The van der Waals surface area contributed by atoms with Crippen LogP contribution in [0.15, 0.2) is 18.3 Å². The predicted molar refractivity (Wildman–Crippen MR) is 100 cm³/mol. The highest BCUT2D eigenvalue weighted by Crippen LogP contribution is 2.24. The molecule has 0 bridgehead atoms. The van der Waals surface area contributed by atoms with Crippen LogP contribution in [0.2, 0.25) is 0 Å². The van der Waals surface area contributed by atoms with Gasteiger partial charge in [-0.05, 0) is 38.2 Å². The number of aryl methyl sites for hydroxylation is 2. The van der Waals surface area contributed by atoms with E-state index in [1.54, 1.807) is 0 Å². The molecule has 0 radical (unpaired) electrons. The summed E-state index contributed by atoms with van der Waals surface area (Å²) in [6.07, 6.45) is 6.77. The molecule has 1 N–H and O–H groups in total. The van der Waals surface area contributed by atoms with Crippen LogP contribution in [0.1, 0.15) is 35.5 Å². The van der Waals surface area contributed by atoms with Crippen molar-refractivity contribution < 1.29 is 0 Å². The minimum Gasteiger partial charge on any atom is -0.354 e. The van der Waals surface area contributed by atoms with Gasteiger partial charge in [-0.3, -0.25) is 10.00 Å². The molecule has 5 rings (SSSR count). The summed E-state index contributed by atoms with van der Waals surface area (Å²) in [5.41, 5.74) is 6.09. The third-order valence-corrected chi connectivity index (χ3v) is 5.68. The molecular weight excluding hydrogens is 326 g/mol. The number of hydrogen-bond acceptors (Lipinski definition) is 5. The maximum absolute atomic E-state index is 4.61. The van der Waals surface area contributed by atoms with Crippen molar-refractivity contribution in [1.82, 2.24) is 29.7 Å². The van der Waals surface area contributed by atoms with E-state index in [-0.39, 0.29) is 0 Å². The molecule has 3 aromatic rings. The highest BCUT2D eigenvalue weighted by atomic mass is 15.4. The van der Waals surface area contributed by atoms with Gasteiger partial charge in [-0.25, -0.2) is 4.98 Å². The Bertz CT molecular complexity index is 917. The maximum Gasteiger partial charge on any atom is 0.157 e. The molecule has 1 aliphatic carbocycles. The molecule has 1 aliphatic heterocycles. The Morgan fingerprint density at radius 1 is 1.12 bits per heavy atom. The van der Waals surface area contributed by atoms with E-state index in [0.717, 1.165) is 56.3 Å². The number of nitrogens with one attached hydrogen (secondary N) is 1. The highest BCUT2D eigenvalue weighted by Gasteiger charge is 2.23. The van der Waals surface area contributed by atoms with Gasteiger partial charge >= 0.3 is 0 Å². The fourth-order valence-corrected chi connectivity index (χ4v) is 4.27. The molecule has 0 aromatic carbocycles. The van der Waals surface area contributed by atoms with Gasteiger partial charge < -0.3 is 4.90 Å². The summed E-state index contributed by atoms with van der Waals surface area (Å²) in [4.78, 5) is 9.49. The molecule has 26 heavy (non-hydrogen) atoms. The number of fused-ring (bicyclic) bond motifs is 2. The number of nitrogens with zero attached hydrogens (tertiary/aromatic N) is 6. The van der Waals surface area contributed by atoms with Gasteiger partial charge in [0.05, 0.1) is 11.9 Å². The summed E-state index contributed by atoms with van der Waals surface area (Å²) in [6, 6.07) is 4.10. The number of hydrogen-bond donors (Lipinski definition) is 1. The number of H-pyrrole nitrogens is 1. The molecule has 0 atom stereocenters. The Kier molecular flexibility index (Phi) is 3.89. The second-order valence-electron chi connectivity index (χ2n) is 7.45. The van der Waals surface area contributed by atoms with Crippen molar-refractivity contribution in [3.63, 3.8) is 0 Å². The van der Waals surface area contributed by atoms with Crippen molar-refractivity contribution >= 4 is 11.5 Å². The molecule has 2 aliphatic rings. The second-order valence-corrected chi connectivity index (χ2v) is 7.45. The first kappa shape index (κ1) is 15.8. The molecule has 4 heterocycles. The van der Waals surface area contributed by atoms with Crippen LogP contribution in [0.25, 0.3) is 5.65 Å². The van der Waals surface area contributed by atoms with Gasteiger partial charge in [0.1, 0.15) is 5.82 Å². The first-order valence-corrected chi connectivity index (χ1v) is 9.61. The van der Waals surface area contributed by atoms with Crippen molar-refractivity contribution in [3.05, 3.63) is 41.0 Å². The van der Waals surface area contributed by atoms with E-state index in [0.29, 0.717) is 0 Å². The lowest BCUT2D eigenvalue weighted by Gasteiger charge is -2.35. The Labute approximate surface area is 153 Å². The van der Waals surface area contributed by atoms with Crippen molar-refractivity contribution in [1.29, 1.82) is 0 Å². The van der Waals surface area contributed by atoms with Crippen molar-refractivity contribution in [2.24, 2.45) is 0 Å². The molecule has 7 nitrogen and oxygen atoms in total. The van der Waals surface area contributed by atoms with E-state index in [1.807, 2.05) is 23.7 Å². The fourth-order valence-electron chi connectivity index (χ4n) is 4.27. The van der Waals surface area contributed by atoms with Crippen LogP contribution < -0.4 is 4.90 Å². The summed E-state index contributed by atoms with van der Waals surface area (Å²) in [5, 5.41) is 12.3.